The van der Waals surface area contributed by atoms with Crippen LogP contribution in [0, 0.1) is 0 Å². The van der Waals surface area contributed by atoms with E-state index in [-0.39, 0.29) is 6.61 Å². The lowest BCUT2D eigenvalue weighted by Crippen LogP contribution is -2.05. The third-order valence-electron chi connectivity index (χ3n) is 3.29. The number of hydrogen-bond donors (Lipinski definition) is 0. The maximum atomic E-state index is 12.4. The number of carbonyl (C=O) groups is 2. The number of halogens is 1. The zero-order valence-electron chi connectivity index (χ0n) is 11.7. The molecule has 0 saturated carbocycles. The summed E-state index contributed by atoms with van der Waals surface area (Å²) in [5.41, 5.74) is 2.17. The molecule has 0 fully saturated rings. The van der Waals surface area contributed by atoms with Gasteiger partial charge in [0, 0.05) is 16.6 Å². The maximum Gasteiger partial charge on any atom is 0.341 e. The molecule has 3 aromatic rings. The van der Waals surface area contributed by atoms with Gasteiger partial charge in [0.2, 0.25) is 0 Å². The number of carbonyl (C=O) groups excluding carboxylic acids is 2. The summed E-state index contributed by atoms with van der Waals surface area (Å²) in [6.07, 6.45) is 2.55. The fourth-order valence-electron chi connectivity index (χ4n) is 2.46. The third-order valence-corrected chi connectivity index (χ3v) is 4.93. The van der Waals surface area contributed by atoms with Crippen LogP contribution in [0.1, 0.15) is 27.8 Å². The van der Waals surface area contributed by atoms with Gasteiger partial charge in [-0.15, -0.1) is 11.3 Å². The molecule has 0 bridgehead atoms. The summed E-state index contributed by atoms with van der Waals surface area (Å²) in [5.74, 6) is -0.418. The van der Waals surface area contributed by atoms with Crippen molar-refractivity contribution in [1.29, 1.82) is 0 Å². The Morgan fingerprint density at radius 3 is 2.82 bits per heavy atom. The van der Waals surface area contributed by atoms with Gasteiger partial charge in [0.1, 0.15) is 0 Å². The van der Waals surface area contributed by atoms with Crippen LogP contribution in [-0.2, 0) is 4.74 Å². The van der Waals surface area contributed by atoms with Crippen LogP contribution in [0.3, 0.4) is 0 Å². The van der Waals surface area contributed by atoms with E-state index in [4.69, 9.17) is 4.74 Å². The second kappa shape index (κ2) is 6.06. The number of hydrogen-bond acceptors (Lipinski definition) is 4. The van der Waals surface area contributed by atoms with E-state index in [9.17, 15) is 9.59 Å². The number of esters is 1. The molecule has 0 aliphatic rings. The second-order valence-corrected chi connectivity index (χ2v) is 7.00. The highest BCUT2D eigenvalue weighted by Gasteiger charge is 2.25. The highest BCUT2D eigenvalue weighted by molar-refractivity contribution is 9.11. The van der Waals surface area contributed by atoms with Crippen LogP contribution in [-0.4, -0.2) is 23.3 Å². The average molecular weight is 378 g/mol. The Balaban J connectivity index is 2.39. The van der Waals surface area contributed by atoms with Crippen LogP contribution >= 0.6 is 27.3 Å². The minimum Gasteiger partial charge on any atom is -0.462 e. The standard InChI is InChI=1S/C16H12BrNO3S/c1-2-21-16(20)15-10-5-3-4-8-18(10)11(9-19)14(15)12-6-7-13(17)22-12/h3-9H,2H2,1H3. The van der Waals surface area contributed by atoms with Gasteiger partial charge in [-0.05, 0) is 47.1 Å². The summed E-state index contributed by atoms with van der Waals surface area (Å²) < 4.78 is 7.85. The van der Waals surface area contributed by atoms with Crippen LogP contribution < -0.4 is 0 Å². The Morgan fingerprint density at radius 2 is 2.18 bits per heavy atom. The lowest BCUT2D eigenvalue weighted by molar-refractivity contribution is 0.0529. The molecule has 0 atom stereocenters. The summed E-state index contributed by atoms with van der Waals surface area (Å²) in [5, 5.41) is 0. The van der Waals surface area contributed by atoms with Gasteiger partial charge in [0.15, 0.2) is 6.29 Å². The Bertz CT molecular complexity index is 866. The molecular weight excluding hydrogens is 366 g/mol. The lowest BCUT2D eigenvalue weighted by atomic mass is 10.1. The summed E-state index contributed by atoms with van der Waals surface area (Å²) in [7, 11) is 0. The highest BCUT2D eigenvalue weighted by atomic mass is 79.9. The summed E-state index contributed by atoms with van der Waals surface area (Å²) in [6.45, 7) is 2.05. The van der Waals surface area contributed by atoms with E-state index in [2.05, 4.69) is 15.9 Å². The Labute approximate surface area is 139 Å². The molecule has 0 N–H and O–H groups in total. The minimum atomic E-state index is -0.418. The number of aldehydes is 1. The zero-order chi connectivity index (χ0) is 15.7. The van der Waals surface area contributed by atoms with Crippen LogP contribution in [0.15, 0.2) is 40.3 Å². The first kappa shape index (κ1) is 15.0. The van der Waals surface area contributed by atoms with Gasteiger partial charge in [0.05, 0.1) is 27.2 Å². The number of nitrogens with zero attached hydrogens (tertiary/aromatic N) is 1. The summed E-state index contributed by atoms with van der Waals surface area (Å²) in [4.78, 5) is 24.9. The van der Waals surface area contributed by atoms with E-state index in [1.807, 2.05) is 30.3 Å². The Hall–Kier alpha value is -1.92. The molecule has 0 unspecified atom stereocenters. The molecule has 0 aliphatic heterocycles. The SMILES string of the molecule is CCOC(=O)c1c(-c2ccc(Br)s2)c(C=O)n2ccccc12. The number of fused-ring (bicyclic) bond motifs is 1. The van der Waals surface area contributed by atoms with Crippen LogP contribution in [0.2, 0.25) is 0 Å². The minimum absolute atomic E-state index is 0.285. The smallest absolute Gasteiger partial charge is 0.341 e. The first-order valence-corrected chi connectivity index (χ1v) is 8.29. The first-order chi connectivity index (χ1) is 10.7. The molecule has 3 aromatic heterocycles. The third kappa shape index (κ3) is 2.38. The highest BCUT2D eigenvalue weighted by Crippen LogP contribution is 2.38. The molecule has 22 heavy (non-hydrogen) atoms. The van der Waals surface area contributed by atoms with Gasteiger partial charge in [-0.1, -0.05) is 6.07 Å². The molecule has 0 saturated heterocycles. The second-order valence-electron chi connectivity index (χ2n) is 4.53. The molecule has 6 heteroatoms. The Kier molecular flexibility index (Phi) is 4.13. The number of thiophene rings is 1. The molecule has 0 aliphatic carbocycles. The van der Waals surface area contributed by atoms with Crippen molar-refractivity contribution in [3.8, 4) is 10.4 Å². The molecule has 0 spiro atoms. The van der Waals surface area contributed by atoms with Crippen molar-refractivity contribution in [1.82, 2.24) is 4.40 Å². The summed E-state index contributed by atoms with van der Waals surface area (Å²) >= 11 is 4.89. The number of rotatable bonds is 4. The molecule has 0 aromatic carbocycles. The topological polar surface area (TPSA) is 47.8 Å². The zero-order valence-corrected chi connectivity index (χ0v) is 14.1. The number of aromatic nitrogens is 1. The van der Waals surface area contributed by atoms with Crippen molar-refractivity contribution < 1.29 is 14.3 Å². The predicted molar refractivity (Wildman–Crippen MR) is 89.8 cm³/mol. The predicted octanol–water partition coefficient (Wildman–Crippen LogP) is 4.42. The van der Waals surface area contributed by atoms with Crippen LogP contribution in [0.4, 0.5) is 0 Å². The molecule has 3 rings (SSSR count). The molecule has 0 amide bonds. The fraction of sp³-hybridized carbons (Fsp3) is 0.125. The van der Waals surface area contributed by atoms with E-state index in [0.29, 0.717) is 22.3 Å². The van der Waals surface area contributed by atoms with Crippen molar-refractivity contribution in [3.63, 3.8) is 0 Å². The van der Waals surface area contributed by atoms with Crippen molar-refractivity contribution >= 4 is 45.0 Å². The van der Waals surface area contributed by atoms with Gasteiger partial charge in [-0.25, -0.2) is 4.79 Å². The number of ether oxygens (including phenoxy) is 1. The quantitative estimate of drug-likeness (QED) is 0.499. The molecule has 3 heterocycles. The molecule has 0 radical (unpaired) electrons. The van der Waals surface area contributed by atoms with Gasteiger partial charge in [0.25, 0.3) is 0 Å². The van der Waals surface area contributed by atoms with Crippen LogP contribution in [0.25, 0.3) is 16.0 Å². The van der Waals surface area contributed by atoms with Crippen molar-refractivity contribution in [2.75, 3.05) is 6.61 Å². The fourth-order valence-corrected chi connectivity index (χ4v) is 3.90. The van der Waals surface area contributed by atoms with E-state index in [1.54, 1.807) is 17.5 Å². The van der Waals surface area contributed by atoms with E-state index in [1.165, 1.54) is 11.3 Å². The monoisotopic (exact) mass is 377 g/mol. The number of pyridine rings is 1. The average Bonchev–Trinajstić information content (AvgIpc) is 3.08. The van der Waals surface area contributed by atoms with Crippen molar-refractivity contribution in [2.45, 2.75) is 6.92 Å². The van der Waals surface area contributed by atoms with Gasteiger partial charge < -0.3 is 9.14 Å². The first-order valence-electron chi connectivity index (χ1n) is 6.68. The molecule has 4 nitrogen and oxygen atoms in total. The van der Waals surface area contributed by atoms with Crippen molar-refractivity contribution in [3.05, 3.63) is 51.6 Å². The normalized spacial score (nSPS) is 10.8. The van der Waals surface area contributed by atoms with Gasteiger partial charge in [-0.3, -0.25) is 4.79 Å². The van der Waals surface area contributed by atoms with Crippen LogP contribution in [0.5, 0.6) is 0 Å². The van der Waals surface area contributed by atoms with Crippen molar-refractivity contribution in [2.24, 2.45) is 0 Å². The van der Waals surface area contributed by atoms with E-state index in [0.717, 1.165) is 14.9 Å². The van der Waals surface area contributed by atoms with Gasteiger partial charge in [-0.2, -0.15) is 0 Å². The lowest BCUT2D eigenvalue weighted by Gasteiger charge is -2.03. The largest absolute Gasteiger partial charge is 0.462 e. The maximum absolute atomic E-state index is 12.4. The molecule has 112 valence electrons. The molecular formula is C16H12BrNO3S. The summed E-state index contributed by atoms with van der Waals surface area (Å²) in [6, 6.07) is 9.25. The van der Waals surface area contributed by atoms with E-state index < -0.39 is 5.97 Å². The van der Waals surface area contributed by atoms with E-state index >= 15 is 0 Å². The Morgan fingerprint density at radius 1 is 1.36 bits per heavy atom. The van der Waals surface area contributed by atoms with Gasteiger partial charge >= 0.3 is 5.97 Å².